The lowest BCUT2D eigenvalue weighted by molar-refractivity contribution is -0.148. The number of nitrogens with zero attached hydrogens (tertiary/aromatic N) is 1. The Kier molecular flexibility index (Phi) is 6.03. The second-order valence-electron chi connectivity index (χ2n) is 4.98. The molecular weight excluding hydrogens is 379 g/mol. The molecule has 114 valence electrons. The van der Waals surface area contributed by atoms with Crippen molar-refractivity contribution in [3.63, 3.8) is 0 Å². The zero-order valence-corrected chi connectivity index (χ0v) is 13.8. The molecule has 1 unspecified atom stereocenters. The van der Waals surface area contributed by atoms with Gasteiger partial charge in [-0.05, 0) is 12.3 Å². The molecule has 2 amide bonds. The summed E-state index contributed by atoms with van der Waals surface area (Å²) in [5.41, 5.74) is 0. The molecule has 4 atom stereocenters. The van der Waals surface area contributed by atoms with Gasteiger partial charge < -0.3 is 20.1 Å². The van der Waals surface area contributed by atoms with E-state index < -0.39 is 24.1 Å². The topological polar surface area (TPSA) is 95.9 Å². The fourth-order valence-electron chi connectivity index (χ4n) is 2.26. The standard InChI is InChI=1S/C12H19IN2O5/c1-6-4-8(11(17)18)15(5-6)10(16)9(7(2)13)14-12(19)20-3/h6-9H,4-5H2,1-3H3,(H,14,19)(H,17,18)/t6-,7?,8-,9-/m0/s1. The molecule has 0 aromatic heterocycles. The SMILES string of the molecule is COC(=O)N[C@H](C(=O)N1C[C@@H](C)C[C@H]1C(=O)O)C(C)I. The van der Waals surface area contributed by atoms with E-state index >= 15 is 0 Å². The van der Waals surface area contributed by atoms with E-state index in [4.69, 9.17) is 0 Å². The molecule has 20 heavy (non-hydrogen) atoms. The number of alkyl carbamates (subject to hydrolysis) is 1. The molecule has 1 fully saturated rings. The lowest BCUT2D eigenvalue weighted by Gasteiger charge is -2.28. The number of ether oxygens (including phenoxy) is 1. The number of alkyl halides is 1. The van der Waals surface area contributed by atoms with Crippen LogP contribution in [0.25, 0.3) is 0 Å². The molecule has 0 spiro atoms. The van der Waals surface area contributed by atoms with Crippen LogP contribution in [-0.4, -0.2) is 57.6 Å². The third-order valence-corrected chi connectivity index (χ3v) is 3.98. The van der Waals surface area contributed by atoms with Crippen molar-refractivity contribution in [2.75, 3.05) is 13.7 Å². The second kappa shape index (κ2) is 7.09. The van der Waals surface area contributed by atoms with Crippen LogP contribution in [-0.2, 0) is 14.3 Å². The van der Waals surface area contributed by atoms with Crippen LogP contribution in [0.15, 0.2) is 0 Å². The maximum atomic E-state index is 12.5. The minimum atomic E-state index is -1.01. The Morgan fingerprint density at radius 3 is 2.50 bits per heavy atom. The van der Waals surface area contributed by atoms with Crippen molar-refractivity contribution >= 4 is 40.6 Å². The Morgan fingerprint density at radius 2 is 2.05 bits per heavy atom. The molecule has 0 saturated carbocycles. The van der Waals surface area contributed by atoms with Gasteiger partial charge in [-0.15, -0.1) is 0 Å². The number of carboxylic acid groups (broad SMARTS) is 1. The summed E-state index contributed by atoms with van der Waals surface area (Å²) >= 11 is 2.02. The second-order valence-corrected chi connectivity index (χ2v) is 6.94. The third kappa shape index (κ3) is 3.97. The van der Waals surface area contributed by atoms with Gasteiger partial charge >= 0.3 is 12.1 Å². The Hall–Kier alpha value is -1.06. The monoisotopic (exact) mass is 398 g/mol. The van der Waals surface area contributed by atoms with Crippen LogP contribution in [0.5, 0.6) is 0 Å². The number of rotatable bonds is 4. The van der Waals surface area contributed by atoms with Crippen molar-refractivity contribution in [1.82, 2.24) is 10.2 Å². The van der Waals surface area contributed by atoms with Crippen LogP contribution in [0.3, 0.4) is 0 Å². The Balaban J connectivity index is 2.88. The molecule has 2 N–H and O–H groups in total. The van der Waals surface area contributed by atoms with E-state index in [0.29, 0.717) is 13.0 Å². The summed E-state index contributed by atoms with van der Waals surface area (Å²) < 4.78 is 4.31. The number of carboxylic acids is 1. The molecule has 1 saturated heterocycles. The zero-order valence-electron chi connectivity index (χ0n) is 11.6. The van der Waals surface area contributed by atoms with E-state index in [1.165, 1.54) is 12.0 Å². The molecule has 0 aromatic rings. The van der Waals surface area contributed by atoms with Crippen LogP contribution < -0.4 is 5.32 Å². The average molecular weight is 398 g/mol. The highest BCUT2D eigenvalue weighted by Gasteiger charge is 2.41. The number of hydrogen-bond donors (Lipinski definition) is 2. The van der Waals surface area contributed by atoms with Gasteiger partial charge in [0.15, 0.2) is 0 Å². The average Bonchev–Trinajstić information content (AvgIpc) is 2.76. The summed E-state index contributed by atoms with van der Waals surface area (Å²) in [7, 11) is 1.21. The normalized spacial score (nSPS) is 24.9. The number of likely N-dealkylation sites (tertiary alicyclic amines) is 1. The number of amides is 2. The van der Waals surface area contributed by atoms with Crippen LogP contribution in [0.4, 0.5) is 4.79 Å². The molecular formula is C12H19IN2O5. The lowest BCUT2D eigenvalue weighted by atomic mass is 10.1. The van der Waals surface area contributed by atoms with E-state index in [9.17, 15) is 19.5 Å². The minimum Gasteiger partial charge on any atom is -0.480 e. The van der Waals surface area contributed by atoms with Crippen LogP contribution in [0.1, 0.15) is 20.3 Å². The van der Waals surface area contributed by atoms with Gasteiger partial charge in [0.25, 0.3) is 0 Å². The van der Waals surface area contributed by atoms with Gasteiger partial charge in [-0.1, -0.05) is 36.4 Å². The zero-order chi connectivity index (χ0) is 15.4. The first-order chi connectivity index (χ1) is 9.27. The van der Waals surface area contributed by atoms with E-state index in [1.54, 1.807) is 6.92 Å². The summed E-state index contributed by atoms with van der Waals surface area (Å²) in [5.74, 6) is -1.27. The van der Waals surface area contributed by atoms with Gasteiger partial charge in [0.1, 0.15) is 12.1 Å². The summed E-state index contributed by atoms with van der Waals surface area (Å²) in [5, 5.41) is 11.7. The molecule has 0 bridgehead atoms. The quantitative estimate of drug-likeness (QED) is 0.541. The Morgan fingerprint density at radius 1 is 1.45 bits per heavy atom. The number of methoxy groups -OCH3 is 1. The number of aliphatic carboxylic acids is 1. The summed E-state index contributed by atoms with van der Waals surface area (Å²) in [4.78, 5) is 36.3. The minimum absolute atomic E-state index is 0.128. The van der Waals surface area contributed by atoms with Gasteiger partial charge in [0.2, 0.25) is 5.91 Å². The van der Waals surface area contributed by atoms with Crippen molar-refractivity contribution in [3.05, 3.63) is 0 Å². The summed E-state index contributed by atoms with van der Waals surface area (Å²) in [6.07, 6.45) is -0.271. The van der Waals surface area contributed by atoms with Gasteiger partial charge in [-0.2, -0.15) is 0 Å². The van der Waals surface area contributed by atoms with Crippen LogP contribution in [0.2, 0.25) is 0 Å². The molecule has 1 aliphatic rings. The predicted molar refractivity (Wildman–Crippen MR) is 79.7 cm³/mol. The highest BCUT2D eigenvalue weighted by atomic mass is 127. The lowest BCUT2D eigenvalue weighted by Crippen LogP contribution is -2.54. The Labute approximate surface area is 131 Å². The van der Waals surface area contributed by atoms with Crippen LogP contribution >= 0.6 is 22.6 Å². The number of nitrogens with one attached hydrogen (secondary N) is 1. The first-order valence-electron chi connectivity index (χ1n) is 6.29. The predicted octanol–water partition coefficient (Wildman–Crippen LogP) is 0.856. The maximum Gasteiger partial charge on any atom is 0.407 e. The van der Waals surface area contributed by atoms with Crippen molar-refractivity contribution in [2.24, 2.45) is 5.92 Å². The van der Waals surface area contributed by atoms with Gasteiger partial charge in [0, 0.05) is 10.5 Å². The van der Waals surface area contributed by atoms with Crippen molar-refractivity contribution in [1.29, 1.82) is 0 Å². The van der Waals surface area contributed by atoms with Crippen molar-refractivity contribution in [3.8, 4) is 0 Å². The number of carbonyl (C=O) groups excluding carboxylic acids is 2. The van der Waals surface area contributed by atoms with Gasteiger partial charge in [-0.25, -0.2) is 9.59 Å². The maximum absolute atomic E-state index is 12.5. The van der Waals surface area contributed by atoms with E-state index in [-0.39, 0.29) is 15.7 Å². The number of carbonyl (C=O) groups is 3. The van der Waals surface area contributed by atoms with E-state index in [1.807, 2.05) is 29.5 Å². The number of halogens is 1. The van der Waals surface area contributed by atoms with E-state index in [0.717, 1.165) is 0 Å². The molecule has 7 nitrogen and oxygen atoms in total. The molecule has 0 aliphatic carbocycles. The van der Waals surface area contributed by atoms with Crippen molar-refractivity contribution < 1.29 is 24.2 Å². The molecule has 1 aliphatic heterocycles. The summed E-state index contributed by atoms with van der Waals surface area (Å²) in [6.45, 7) is 4.06. The molecule has 0 aromatic carbocycles. The van der Waals surface area contributed by atoms with E-state index in [2.05, 4.69) is 10.1 Å². The van der Waals surface area contributed by atoms with Crippen LogP contribution in [0, 0.1) is 5.92 Å². The highest BCUT2D eigenvalue weighted by molar-refractivity contribution is 14.1. The molecule has 8 heteroatoms. The smallest absolute Gasteiger partial charge is 0.407 e. The first-order valence-corrected chi connectivity index (χ1v) is 7.54. The fraction of sp³-hybridized carbons (Fsp3) is 0.750. The largest absolute Gasteiger partial charge is 0.480 e. The fourth-order valence-corrected chi connectivity index (χ4v) is 2.75. The first kappa shape index (κ1) is 17.0. The molecule has 1 rings (SSSR count). The summed E-state index contributed by atoms with van der Waals surface area (Å²) in [6, 6.07) is -1.62. The Bertz CT molecular complexity index is 401. The third-order valence-electron chi connectivity index (χ3n) is 3.26. The highest BCUT2D eigenvalue weighted by Crippen LogP contribution is 2.25. The van der Waals surface area contributed by atoms with Crippen molar-refractivity contribution in [2.45, 2.75) is 36.3 Å². The number of hydrogen-bond acceptors (Lipinski definition) is 4. The molecule has 1 heterocycles. The van der Waals surface area contributed by atoms with Gasteiger partial charge in [-0.3, -0.25) is 4.79 Å². The molecule has 0 radical (unpaired) electrons. The van der Waals surface area contributed by atoms with Gasteiger partial charge in [0.05, 0.1) is 7.11 Å².